The Labute approximate surface area is 370 Å². The molecule has 10 heteroatoms. The molecule has 1 fully saturated rings. The van der Waals surface area contributed by atoms with Gasteiger partial charge in [-0.1, -0.05) is 199 Å². The average Bonchev–Trinajstić information content (AvgIpc) is 3.25. The Morgan fingerprint density at radius 3 is 1.57 bits per heavy atom. The minimum atomic E-state index is -2.85. The van der Waals surface area contributed by atoms with Crippen molar-refractivity contribution >= 4 is 17.5 Å². The highest BCUT2D eigenvalue weighted by Gasteiger charge is 2.60. The topological polar surface area (TPSA) is 160 Å². The number of unbranched alkanes of at least 4 members (excludes halogenated alkanes) is 22. The number of ketones is 2. The smallest absolute Gasteiger partial charge is 0.306 e. The van der Waals surface area contributed by atoms with Gasteiger partial charge in [0.15, 0.2) is 5.78 Å². The third-order valence-electron chi connectivity index (χ3n) is 12.5. The predicted octanol–water partition coefficient (Wildman–Crippen LogP) is 10.8. The first kappa shape index (κ1) is 54.9. The van der Waals surface area contributed by atoms with Crippen molar-refractivity contribution in [1.82, 2.24) is 0 Å². The molecule has 0 bridgehead atoms. The molecule has 0 amide bonds. The Morgan fingerprint density at radius 1 is 0.623 bits per heavy atom. The summed E-state index contributed by atoms with van der Waals surface area (Å²) in [5.41, 5.74) is 0.921. The van der Waals surface area contributed by atoms with Crippen LogP contribution in [0.4, 0.5) is 0 Å². The van der Waals surface area contributed by atoms with E-state index in [1.54, 1.807) is 0 Å². The van der Waals surface area contributed by atoms with Gasteiger partial charge in [0, 0.05) is 19.3 Å². The van der Waals surface area contributed by atoms with Gasteiger partial charge in [0.1, 0.15) is 30.0 Å². The molecule has 7 atom stereocenters. The lowest BCUT2D eigenvalue weighted by Gasteiger charge is -2.46. The van der Waals surface area contributed by atoms with Crippen molar-refractivity contribution in [3.63, 3.8) is 0 Å². The van der Waals surface area contributed by atoms with Crippen LogP contribution in [0.15, 0.2) is 30.3 Å². The molecule has 0 radical (unpaired) electrons. The van der Waals surface area contributed by atoms with Crippen LogP contribution in [0.25, 0.3) is 0 Å². The number of esters is 1. The number of aliphatic hydroxyl groups is 4. The van der Waals surface area contributed by atoms with Crippen LogP contribution in [0.5, 0.6) is 0 Å². The Morgan fingerprint density at radius 2 is 1.08 bits per heavy atom. The average molecular weight is 861 g/mol. The molecule has 1 aliphatic rings. The second kappa shape index (κ2) is 34.2. The van der Waals surface area contributed by atoms with E-state index in [9.17, 15) is 34.8 Å². The van der Waals surface area contributed by atoms with E-state index in [0.717, 1.165) is 76.2 Å². The van der Waals surface area contributed by atoms with E-state index in [1.807, 2.05) is 30.3 Å². The van der Waals surface area contributed by atoms with Crippen LogP contribution in [0.1, 0.15) is 219 Å². The lowest BCUT2D eigenvalue weighted by molar-refractivity contribution is -0.311. The van der Waals surface area contributed by atoms with Gasteiger partial charge in [0.05, 0.1) is 25.4 Å². The number of carbonyl (C=O) groups is 3. The number of benzene rings is 1. The van der Waals surface area contributed by atoms with Crippen molar-refractivity contribution in [1.29, 1.82) is 0 Å². The first-order valence-electron chi connectivity index (χ1n) is 24.9. The summed E-state index contributed by atoms with van der Waals surface area (Å²) in [6, 6.07) is 9.58. The molecule has 0 saturated carbocycles. The van der Waals surface area contributed by atoms with E-state index >= 15 is 0 Å². The molecule has 0 spiro atoms. The SMILES string of the molecule is CCCCCCCCCCCC(=O)O[C@H](CCCCCCCCCCC)CC(=O)[C@@H]1[C@@H](O)[C@H](O)[C@@H](CO)O[C@@]1(O)C(=O)C[C@@H](CCCCCCCCC)OCc1ccccc1. The summed E-state index contributed by atoms with van der Waals surface area (Å²) < 4.78 is 17.9. The lowest BCUT2D eigenvalue weighted by atomic mass is 9.76. The number of Topliss-reactive ketones (excluding diaryl/α,β-unsaturated/α-hetero) is 2. The van der Waals surface area contributed by atoms with Crippen LogP contribution in [-0.2, 0) is 35.2 Å². The molecule has 0 unspecified atom stereocenters. The van der Waals surface area contributed by atoms with Crippen LogP contribution < -0.4 is 0 Å². The Hall–Kier alpha value is -2.21. The summed E-state index contributed by atoms with van der Waals surface area (Å²) in [7, 11) is 0. The fourth-order valence-electron chi connectivity index (χ4n) is 8.59. The zero-order valence-electron chi connectivity index (χ0n) is 38.7. The molecule has 1 heterocycles. The molecule has 0 aromatic heterocycles. The largest absolute Gasteiger partial charge is 0.462 e. The van der Waals surface area contributed by atoms with Gasteiger partial charge in [-0.25, -0.2) is 0 Å². The van der Waals surface area contributed by atoms with Gasteiger partial charge in [0.2, 0.25) is 5.79 Å². The van der Waals surface area contributed by atoms with E-state index in [0.29, 0.717) is 19.3 Å². The minimum absolute atomic E-state index is 0.232. The van der Waals surface area contributed by atoms with Gasteiger partial charge in [0.25, 0.3) is 0 Å². The highest BCUT2D eigenvalue weighted by atomic mass is 16.7. The molecule has 61 heavy (non-hydrogen) atoms. The number of ether oxygens (including phenoxy) is 3. The molecule has 1 saturated heterocycles. The maximum atomic E-state index is 14.3. The van der Waals surface area contributed by atoms with E-state index in [1.165, 1.54) is 83.5 Å². The van der Waals surface area contributed by atoms with Crippen LogP contribution in [-0.4, -0.2) is 80.9 Å². The van der Waals surface area contributed by atoms with Crippen molar-refractivity contribution < 1.29 is 49.0 Å². The summed E-state index contributed by atoms with van der Waals surface area (Å²) in [5, 5.41) is 44.6. The van der Waals surface area contributed by atoms with Crippen molar-refractivity contribution in [2.24, 2.45) is 5.92 Å². The maximum Gasteiger partial charge on any atom is 0.306 e. The standard InChI is InChI=1S/C51H88O10/c1-4-7-10-13-16-18-21-24-30-35-43(60-47(55)36-31-25-22-19-17-14-11-8-5-2)37-44(53)48-50(57)49(56)45(39-52)61-51(48,58)46(54)38-42(34-29-23-20-15-12-9-6-3)59-40-41-32-27-26-28-33-41/h26-28,32-33,42-43,45,48-50,52,56-58H,4-25,29-31,34-40H2,1-3H3/t42-,43-,45-,48-,49-,50-,51+/m1/s1. The van der Waals surface area contributed by atoms with Crippen LogP contribution in [0.2, 0.25) is 0 Å². The normalized spacial score (nSPS) is 21.3. The van der Waals surface area contributed by atoms with Gasteiger partial charge in [-0.2, -0.15) is 0 Å². The molecule has 4 N–H and O–H groups in total. The minimum Gasteiger partial charge on any atom is -0.462 e. The molecule has 0 aliphatic carbocycles. The lowest BCUT2D eigenvalue weighted by Crippen LogP contribution is -2.67. The predicted molar refractivity (Wildman–Crippen MR) is 243 cm³/mol. The number of hydrogen-bond donors (Lipinski definition) is 4. The zero-order valence-corrected chi connectivity index (χ0v) is 38.7. The first-order valence-corrected chi connectivity index (χ1v) is 24.9. The van der Waals surface area contributed by atoms with E-state index in [-0.39, 0.29) is 25.9 Å². The summed E-state index contributed by atoms with van der Waals surface area (Å²) in [6.07, 6.45) is 21.3. The molecular formula is C51H88O10. The molecule has 1 aromatic carbocycles. The summed E-state index contributed by atoms with van der Waals surface area (Å²) in [5.74, 6) is -6.72. The molecule has 2 rings (SSSR count). The Balaban J connectivity index is 2.19. The molecular weight excluding hydrogens is 773 g/mol. The highest BCUT2D eigenvalue weighted by molar-refractivity contribution is 5.94. The maximum absolute atomic E-state index is 14.3. The number of aliphatic hydroxyl groups excluding tert-OH is 3. The molecule has 1 aliphatic heterocycles. The Bertz CT molecular complexity index is 1260. The third kappa shape index (κ3) is 22.8. The zero-order chi connectivity index (χ0) is 44.6. The van der Waals surface area contributed by atoms with Crippen LogP contribution in [0, 0.1) is 5.92 Å². The third-order valence-corrected chi connectivity index (χ3v) is 12.5. The van der Waals surface area contributed by atoms with Gasteiger partial charge in [-0.15, -0.1) is 0 Å². The second-order valence-corrected chi connectivity index (χ2v) is 17.9. The van der Waals surface area contributed by atoms with Crippen LogP contribution >= 0.6 is 0 Å². The molecule has 352 valence electrons. The van der Waals surface area contributed by atoms with Gasteiger partial charge in [-0.3, -0.25) is 14.4 Å². The highest BCUT2D eigenvalue weighted by Crippen LogP contribution is 2.38. The monoisotopic (exact) mass is 861 g/mol. The summed E-state index contributed by atoms with van der Waals surface area (Å²) in [6.45, 7) is 6.04. The van der Waals surface area contributed by atoms with Gasteiger partial charge < -0.3 is 34.6 Å². The Kier molecular flexibility index (Phi) is 30.8. The van der Waals surface area contributed by atoms with Gasteiger partial charge >= 0.3 is 5.97 Å². The number of carbonyl (C=O) groups excluding carboxylic acids is 3. The quantitative estimate of drug-likeness (QED) is 0.0371. The van der Waals surface area contributed by atoms with E-state index in [2.05, 4.69) is 20.8 Å². The fourth-order valence-corrected chi connectivity index (χ4v) is 8.59. The molecule has 1 aromatic rings. The van der Waals surface area contributed by atoms with Crippen molar-refractivity contribution in [2.45, 2.75) is 256 Å². The van der Waals surface area contributed by atoms with Crippen LogP contribution in [0.3, 0.4) is 0 Å². The van der Waals surface area contributed by atoms with Gasteiger partial charge in [-0.05, 0) is 31.2 Å². The second-order valence-electron chi connectivity index (χ2n) is 17.9. The van der Waals surface area contributed by atoms with E-state index < -0.39 is 66.4 Å². The van der Waals surface area contributed by atoms with E-state index in [4.69, 9.17) is 14.2 Å². The van der Waals surface area contributed by atoms with Crippen molar-refractivity contribution in [3.05, 3.63) is 35.9 Å². The van der Waals surface area contributed by atoms with Crippen molar-refractivity contribution in [3.8, 4) is 0 Å². The molecule has 10 nitrogen and oxygen atoms in total. The summed E-state index contributed by atoms with van der Waals surface area (Å²) in [4.78, 5) is 41.8. The van der Waals surface area contributed by atoms with Crippen molar-refractivity contribution in [2.75, 3.05) is 6.61 Å². The fraction of sp³-hybridized carbons (Fsp3) is 0.824. The first-order chi connectivity index (χ1) is 29.6. The summed E-state index contributed by atoms with van der Waals surface area (Å²) >= 11 is 0. The number of hydrogen-bond acceptors (Lipinski definition) is 10. The number of rotatable bonds is 39.